The molecule has 1 aliphatic rings. The summed E-state index contributed by atoms with van der Waals surface area (Å²) in [7, 11) is 1.79. The van der Waals surface area contributed by atoms with E-state index in [4.69, 9.17) is 4.74 Å². The van der Waals surface area contributed by atoms with Crippen molar-refractivity contribution in [3.8, 4) is 11.5 Å². The molecule has 0 aliphatic carbocycles. The number of hydrogen-bond acceptors (Lipinski definition) is 4. The van der Waals surface area contributed by atoms with Crippen LogP contribution in [0.4, 0.5) is 4.39 Å². The fourth-order valence-corrected chi connectivity index (χ4v) is 2.67. The first-order valence-electron chi connectivity index (χ1n) is 8.16. The smallest absolute Gasteiger partial charge is 0.246 e. The lowest BCUT2D eigenvalue weighted by Gasteiger charge is -2.22. The molecule has 1 aromatic carbocycles. The minimum Gasteiger partial charge on any atom is -0.453 e. The van der Waals surface area contributed by atoms with Crippen LogP contribution in [-0.2, 0) is 4.79 Å². The maximum atomic E-state index is 14.2. The van der Waals surface area contributed by atoms with Crippen LogP contribution in [0, 0.1) is 5.82 Å². The lowest BCUT2D eigenvalue weighted by atomic mass is 10.2. The molecule has 0 radical (unpaired) electrons. The van der Waals surface area contributed by atoms with E-state index < -0.39 is 5.82 Å². The van der Waals surface area contributed by atoms with Gasteiger partial charge in [-0.2, -0.15) is 0 Å². The Labute approximate surface area is 146 Å². The quantitative estimate of drug-likeness (QED) is 0.850. The molecule has 130 valence electrons. The van der Waals surface area contributed by atoms with Gasteiger partial charge in [-0.25, -0.2) is 4.39 Å². The zero-order valence-electron chi connectivity index (χ0n) is 14.0. The van der Waals surface area contributed by atoms with Gasteiger partial charge in [0, 0.05) is 31.9 Å². The van der Waals surface area contributed by atoms with Crippen LogP contribution in [0.1, 0.15) is 12.0 Å². The van der Waals surface area contributed by atoms with Crippen molar-refractivity contribution in [2.45, 2.75) is 12.5 Å². The van der Waals surface area contributed by atoms with Crippen molar-refractivity contribution >= 4 is 12.0 Å². The largest absolute Gasteiger partial charge is 0.453 e. The summed E-state index contributed by atoms with van der Waals surface area (Å²) in [4.78, 5) is 17.8. The average molecular weight is 341 g/mol. The number of nitrogens with one attached hydrogen (secondary N) is 1. The molecular weight excluding hydrogens is 321 g/mol. The van der Waals surface area contributed by atoms with Crippen LogP contribution in [0.5, 0.6) is 11.5 Å². The van der Waals surface area contributed by atoms with Gasteiger partial charge < -0.3 is 15.0 Å². The number of nitrogens with zero attached hydrogens (tertiary/aromatic N) is 2. The van der Waals surface area contributed by atoms with E-state index in [0.717, 1.165) is 19.5 Å². The second kappa shape index (κ2) is 7.90. The van der Waals surface area contributed by atoms with E-state index in [0.29, 0.717) is 11.3 Å². The van der Waals surface area contributed by atoms with Crippen molar-refractivity contribution in [1.29, 1.82) is 0 Å². The van der Waals surface area contributed by atoms with Gasteiger partial charge in [-0.1, -0.05) is 6.07 Å². The zero-order valence-corrected chi connectivity index (χ0v) is 14.0. The number of aromatic nitrogens is 1. The van der Waals surface area contributed by atoms with Gasteiger partial charge in [-0.05, 0) is 48.9 Å². The molecule has 1 saturated heterocycles. The molecule has 5 nitrogen and oxygen atoms in total. The molecule has 6 heteroatoms. The summed E-state index contributed by atoms with van der Waals surface area (Å²) < 4.78 is 19.6. The Bertz CT molecular complexity index is 759. The van der Waals surface area contributed by atoms with E-state index >= 15 is 0 Å². The predicted molar refractivity (Wildman–Crippen MR) is 93.8 cm³/mol. The van der Waals surface area contributed by atoms with Gasteiger partial charge in [0.25, 0.3) is 0 Å². The van der Waals surface area contributed by atoms with Gasteiger partial charge in [0.05, 0.1) is 6.20 Å². The Balaban J connectivity index is 1.65. The summed E-state index contributed by atoms with van der Waals surface area (Å²) in [5, 5.41) is 3.23. The minimum absolute atomic E-state index is 0.0928. The fraction of sp³-hybridized carbons (Fsp3) is 0.263. The SMILES string of the molecule is CN(C(=O)C=Cc1ccc(Oc2cccnc2)c(F)c1)C1CCNC1. The topological polar surface area (TPSA) is 54.5 Å². The molecule has 1 aromatic heterocycles. The second-order valence-corrected chi connectivity index (χ2v) is 5.91. The van der Waals surface area contributed by atoms with Gasteiger partial charge in [0.2, 0.25) is 5.91 Å². The summed E-state index contributed by atoms with van der Waals surface area (Å²) in [5.41, 5.74) is 0.599. The van der Waals surface area contributed by atoms with E-state index in [9.17, 15) is 9.18 Å². The summed E-state index contributed by atoms with van der Waals surface area (Å²) in [6.07, 6.45) is 7.16. The third-order valence-electron chi connectivity index (χ3n) is 4.17. The Kier molecular flexibility index (Phi) is 5.40. The number of rotatable bonds is 5. The summed E-state index contributed by atoms with van der Waals surface area (Å²) in [6, 6.07) is 8.21. The number of amides is 1. The van der Waals surface area contributed by atoms with Crippen LogP contribution in [0.25, 0.3) is 6.08 Å². The van der Waals surface area contributed by atoms with Gasteiger partial charge in [-0.3, -0.25) is 9.78 Å². The molecule has 2 heterocycles. The molecule has 1 fully saturated rings. The monoisotopic (exact) mass is 341 g/mol. The highest BCUT2D eigenvalue weighted by Crippen LogP contribution is 2.24. The number of benzene rings is 1. The molecule has 3 rings (SSSR count). The lowest BCUT2D eigenvalue weighted by molar-refractivity contribution is -0.126. The third-order valence-corrected chi connectivity index (χ3v) is 4.17. The zero-order chi connectivity index (χ0) is 17.6. The van der Waals surface area contributed by atoms with Crippen molar-refractivity contribution in [2.75, 3.05) is 20.1 Å². The Morgan fingerprint density at radius 2 is 2.32 bits per heavy atom. The van der Waals surface area contributed by atoms with E-state index in [1.165, 1.54) is 24.4 Å². The van der Waals surface area contributed by atoms with Gasteiger partial charge in [0.1, 0.15) is 5.75 Å². The second-order valence-electron chi connectivity index (χ2n) is 5.91. The summed E-state index contributed by atoms with van der Waals surface area (Å²) >= 11 is 0. The molecule has 1 N–H and O–H groups in total. The number of carbonyl (C=O) groups excluding carboxylic acids is 1. The Hall–Kier alpha value is -2.73. The molecule has 25 heavy (non-hydrogen) atoms. The van der Waals surface area contributed by atoms with Gasteiger partial charge in [-0.15, -0.1) is 0 Å². The highest BCUT2D eigenvalue weighted by molar-refractivity contribution is 5.91. The first-order valence-corrected chi connectivity index (χ1v) is 8.16. The molecule has 0 spiro atoms. The summed E-state index contributed by atoms with van der Waals surface area (Å²) in [5.74, 6) is -0.00566. The highest BCUT2D eigenvalue weighted by Gasteiger charge is 2.21. The molecular formula is C19H20FN3O2. The molecule has 2 aromatic rings. The van der Waals surface area contributed by atoms with E-state index in [2.05, 4.69) is 10.3 Å². The van der Waals surface area contributed by atoms with E-state index in [1.807, 2.05) is 0 Å². The molecule has 1 amide bonds. The van der Waals surface area contributed by atoms with Crippen molar-refractivity contribution in [2.24, 2.45) is 0 Å². The standard InChI is InChI=1S/C19H20FN3O2/c1-23(15-8-10-22-12-15)19(24)7-5-14-4-6-18(17(20)11-14)25-16-3-2-9-21-13-16/h2-7,9,11,13,15,22H,8,10,12H2,1H3. The maximum Gasteiger partial charge on any atom is 0.246 e. The molecule has 1 unspecified atom stereocenters. The van der Waals surface area contributed by atoms with Crippen LogP contribution in [0.15, 0.2) is 48.8 Å². The highest BCUT2D eigenvalue weighted by atomic mass is 19.1. The Morgan fingerprint density at radius 3 is 3.00 bits per heavy atom. The van der Waals surface area contributed by atoms with E-state index in [-0.39, 0.29) is 17.7 Å². The van der Waals surface area contributed by atoms with Crippen LogP contribution in [0.3, 0.4) is 0 Å². The van der Waals surface area contributed by atoms with Gasteiger partial charge >= 0.3 is 0 Å². The van der Waals surface area contributed by atoms with Crippen LogP contribution in [-0.4, -0.2) is 42.0 Å². The van der Waals surface area contributed by atoms with Crippen molar-refractivity contribution < 1.29 is 13.9 Å². The first-order chi connectivity index (χ1) is 12.1. The molecule has 1 atom stereocenters. The van der Waals surface area contributed by atoms with Gasteiger partial charge in [0.15, 0.2) is 11.6 Å². The first kappa shape index (κ1) is 17.1. The summed E-state index contributed by atoms with van der Waals surface area (Å²) in [6.45, 7) is 1.74. The third kappa shape index (κ3) is 4.42. The van der Waals surface area contributed by atoms with Crippen LogP contribution in [0.2, 0.25) is 0 Å². The average Bonchev–Trinajstić information content (AvgIpc) is 3.16. The number of hydrogen-bond donors (Lipinski definition) is 1. The predicted octanol–water partition coefficient (Wildman–Crippen LogP) is 2.85. The van der Waals surface area contributed by atoms with Crippen LogP contribution >= 0.6 is 0 Å². The molecule has 0 saturated carbocycles. The van der Waals surface area contributed by atoms with Crippen molar-refractivity contribution in [3.05, 3.63) is 60.2 Å². The fourth-order valence-electron chi connectivity index (χ4n) is 2.67. The molecule has 1 aliphatic heterocycles. The normalized spacial score (nSPS) is 17.0. The Morgan fingerprint density at radius 1 is 1.44 bits per heavy atom. The lowest BCUT2D eigenvalue weighted by Crippen LogP contribution is -2.37. The number of likely N-dealkylation sites (N-methyl/N-ethyl adjacent to an activating group) is 1. The van der Waals surface area contributed by atoms with E-state index in [1.54, 1.807) is 42.4 Å². The van der Waals surface area contributed by atoms with Crippen LogP contribution < -0.4 is 10.1 Å². The van der Waals surface area contributed by atoms with Crippen molar-refractivity contribution in [1.82, 2.24) is 15.2 Å². The number of pyridine rings is 1. The number of carbonyl (C=O) groups is 1. The van der Waals surface area contributed by atoms with Crippen molar-refractivity contribution in [3.63, 3.8) is 0 Å². The minimum atomic E-state index is -0.494. The maximum absolute atomic E-state index is 14.2. The number of ether oxygens (including phenoxy) is 1. The number of halogens is 1. The molecule has 0 bridgehead atoms.